The first-order valence-corrected chi connectivity index (χ1v) is 8.84. The van der Waals surface area contributed by atoms with E-state index in [0.717, 1.165) is 19.3 Å². The molecule has 0 saturated heterocycles. The van der Waals surface area contributed by atoms with E-state index in [1.54, 1.807) is 11.1 Å². The number of ether oxygens (including phenoxy) is 1. The number of methoxy groups -OCH3 is 1. The van der Waals surface area contributed by atoms with Crippen LogP contribution in [0.25, 0.3) is 0 Å². The molecule has 0 unspecified atom stereocenters. The molecule has 0 radical (unpaired) electrons. The molecule has 0 aromatic heterocycles. The maximum absolute atomic E-state index is 10.9. The summed E-state index contributed by atoms with van der Waals surface area (Å²) in [6.45, 7) is 2.24. The molecular formula is C20H32O2. The molecule has 2 nitrogen and oxygen atoms in total. The minimum Gasteiger partial charge on any atom is -0.469 e. The maximum atomic E-state index is 10.9. The zero-order chi connectivity index (χ0) is 16.0. The van der Waals surface area contributed by atoms with Crippen LogP contribution in [0.4, 0.5) is 0 Å². The summed E-state index contributed by atoms with van der Waals surface area (Å²) in [6.07, 6.45) is 21.5. The van der Waals surface area contributed by atoms with Crippen molar-refractivity contribution >= 4 is 5.97 Å². The van der Waals surface area contributed by atoms with Crippen LogP contribution in [0.2, 0.25) is 0 Å². The van der Waals surface area contributed by atoms with E-state index in [0.29, 0.717) is 6.42 Å². The van der Waals surface area contributed by atoms with Crippen LogP contribution < -0.4 is 0 Å². The van der Waals surface area contributed by atoms with E-state index >= 15 is 0 Å². The third kappa shape index (κ3) is 9.59. The van der Waals surface area contributed by atoms with Crippen LogP contribution in [-0.4, -0.2) is 13.1 Å². The number of unbranched alkanes of at least 4 members (excludes halogenated alkanes) is 5. The number of esters is 1. The fraction of sp³-hybridized carbons (Fsp3) is 0.650. The monoisotopic (exact) mass is 304 g/mol. The van der Waals surface area contributed by atoms with Crippen molar-refractivity contribution in [3.8, 4) is 0 Å². The van der Waals surface area contributed by atoms with Crippen molar-refractivity contribution in [3.05, 3.63) is 35.5 Å². The molecule has 1 aliphatic carbocycles. The molecule has 0 aromatic rings. The average molecular weight is 304 g/mol. The topological polar surface area (TPSA) is 26.3 Å². The second-order valence-electron chi connectivity index (χ2n) is 6.00. The van der Waals surface area contributed by atoms with E-state index in [4.69, 9.17) is 0 Å². The molecule has 0 aromatic carbocycles. The predicted molar refractivity (Wildman–Crippen MR) is 93.8 cm³/mol. The molecule has 1 aliphatic rings. The lowest BCUT2D eigenvalue weighted by atomic mass is 10.1. The summed E-state index contributed by atoms with van der Waals surface area (Å²) < 4.78 is 4.62. The number of allylic oxidation sites excluding steroid dienone is 6. The van der Waals surface area contributed by atoms with E-state index in [-0.39, 0.29) is 5.97 Å². The lowest BCUT2D eigenvalue weighted by Gasteiger charge is -1.99. The van der Waals surface area contributed by atoms with E-state index < -0.39 is 0 Å². The van der Waals surface area contributed by atoms with Gasteiger partial charge in [-0.05, 0) is 44.9 Å². The van der Waals surface area contributed by atoms with Gasteiger partial charge in [0.25, 0.3) is 0 Å². The highest BCUT2D eigenvalue weighted by Gasteiger charge is 2.16. The van der Waals surface area contributed by atoms with Crippen LogP contribution in [-0.2, 0) is 9.53 Å². The highest BCUT2D eigenvalue weighted by Crippen LogP contribution is 2.36. The van der Waals surface area contributed by atoms with Crippen molar-refractivity contribution in [1.29, 1.82) is 0 Å². The Labute approximate surface area is 136 Å². The molecule has 0 N–H and O–H groups in total. The first kappa shape index (κ1) is 18.7. The van der Waals surface area contributed by atoms with Crippen LogP contribution in [0.3, 0.4) is 0 Å². The lowest BCUT2D eigenvalue weighted by molar-refractivity contribution is -0.140. The molecule has 0 spiro atoms. The van der Waals surface area contributed by atoms with E-state index in [1.165, 1.54) is 52.1 Å². The van der Waals surface area contributed by atoms with Gasteiger partial charge in [-0.25, -0.2) is 0 Å². The first-order valence-electron chi connectivity index (χ1n) is 8.84. The Morgan fingerprint density at radius 1 is 1.00 bits per heavy atom. The van der Waals surface area contributed by atoms with Gasteiger partial charge in [0, 0.05) is 6.42 Å². The fourth-order valence-corrected chi connectivity index (χ4v) is 2.58. The van der Waals surface area contributed by atoms with Crippen LogP contribution in [0.15, 0.2) is 35.5 Å². The van der Waals surface area contributed by atoms with Gasteiger partial charge in [-0.3, -0.25) is 4.79 Å². The van der Waals surface area contributed by atoms with Gasteiger partial charge in [0.2, 0.25) is 0 Å². The van der Waals surface area contributed by atoms with Gasteiger partial charge in [0.15, 0.2) is 0 Å². The largest absolute Gasteiger partial charge is 0.469 e. The number of hydrogen-bond acceptors (Lipinski definition) is 2. The zero-order valence-corrected chi connectivity index (χ0v) is 14.4. The van der Waals surface area contributed by atoms with Crippen LogP contribution in [0.1, 0.15) is 77.6 Å². The Morgan fingerprint density at radius 2 is 1.73 bits per heavy atom. The average Bonchev–Trinajstić information content (AvgIpc) is 3.30. The van der Waals surface area contributed by atoms with Crippen molar-refractivity contribution < 1.29 is 9.53 Å². The molecule has 0 heterocycles. The highest BCUT2D eigenvalue weighted by molar-refractivity contribution is 5.68. The Bertz CT molecular complexity index is 402. The SMILES string of the molecule is CCC1=C(C/C=C\C/C=C\CCCCCCCC(=O)OC)C1. The summed E-state index contributed by atoms with van der Waals surface area (Å²) in [6, 6.07) is 0. The molecule has 0 atom stereocenters. The van der Waals surface area contributed by atoms with E-state index in [9.17, 15) is 4.79 Å². The van der Waals surface area contributed by atoms with Crippen molar-refractivity contribution in [1.82, 2.24) is 0 Å². The predicted octanol–water partition coefficient (Wildman–Crippen LogP) is 5.89. The molecule has 2 heteroatoms. The Hall–Kier alpha value is -1.31. The molecule has 0 aliphatic heterocycles. The quantitative estimate of drug-likeness (QED) is 0.241. The summed E-state index contributed by atoms with van der Waals surface area (Å²) in [7, 11) is 1.45. The molecule has 0 bridgehead atoms. The Kier molecular flexibility index (Phi) is 10.4. The Balaban J connectivity index is 1.83. The van der Waals surface area contributed by atoms with E-state index in [1.807, 2.05) is 0 Å². The molecule has 0 saturated carbocycles. The second kappa shape index (κ2) is 12.3. The van der Waals surface area contributed by atoms with Crippen molar-refractivity contribution in [2.24, 2.45) is 0 Å². The number of carbonyl (C=O) groups excluding carboxylic acids is 1. The van der Waals surface area contributed by atoms with Gasteiger partial charge in [0.05, 0.1) is 7.11 Å². The van der Waals surface area contributed by atoms with Crippen molar-refractivity contribution in [2.45, 2.75) is 77.6 Å². The standard InChI is InChI=1S/C20H32O2/c1-3-18-17-19(18)15-13-11-9-7-5-4-6-8-10-12-14-16-20(21)22-2/h5,7,11,13H,3-4,6,8-10,12,14-17H2,1-2H3/b7-5-,13-11-. The molecular weight excluding hydrogens is 272 g/mol. The van der Waals surface area contributed by atoms with Crippen LogP contribution >= 0.6 is 0 Å². The van der Waals surface area contributed by atoms with Crippen molar-refractivity contribution in [2.75, 3.05) is 7.11 Å². The summed E-state index contributed by atoms with van der Waals surface area (Å²) in [5.74, 6) is -0.0834. The molecule has 124 valence electrons. The van der Waals surface area contributed by atoms with Crippen LogP contribution in [0.5, 0.6) is 0 Å². The van der Waals surface area contributed by atoms with Gasteiger partial charge in [-0.15, -0.1) is 0 Å². The number of carbonyl (C=O) groups is 1. The first-order chi connectivity index (χ1) is 10.8. The molecule has 22 heavy (non-hydrogen) atoms. The lowest BCUT2D eigenvalue weighted by Crippen LogP contribution is -1.98. The second-order valence-corrected chi connectivity index (χ2v) is 6.00. The third-order valence-corrected chi connectivity index (χ3v) is 4.18. The summed E-state index contributed by atoms with van der Waals surface area (Å²) in [5.41, 5.74) is 3.33. The third-order valence-electron chi connectivity index (χ3n) is 4.18. The minimum absolute atomic E-state index is 0.0834. The molecule has 0 fully saturated rings. The van der Waals surface area contributed by atoms with Gasteiger partial charge in [-0.1, -0.05) is 61.6 Å². The fourth-order valence-electron chi connectivity index (χ4n) is 2.58. The molecule has 0 amide bonds. The van der Waals surface area contributed by atoms with Gasteiger partial charge < -0.3 is 4.74 Å². The maximum Gasteiger partial charge on any atom is 0.305 e. The minimum atomic E-state index is -0.0834. The summed E-state index contributed by atoms with van der Waals surface area (Å²) in [5, 5.41) is 0. The zero-order valence-electron chi connectivity index (χ0n) is 14.4. The molecule has 1 rings (SSSR count). The summed E-state index contributed by atoms with van der Waals surface area (Å²) >= 11 is 0. The Morgan fingerprint density at radius 3 is 2.45 bits per heavy atom. The van der Waals surface area contributed by atoms with Crippen molar-refractivity contribution in [3.63, 3.8) is 0 Å². The summed E-state index contributed by atoms with van der Waals surface area (Å²) in [4.78, 5) is 10.9. The van der Waals surface area contributed by atoms with E-state index in [2.05, 4.69) is 36.0 Å². The highest BCUT2D eigenvalue weighted by atomic mass is 16.5. The van der Waals surface area contributed by atoms with Crippen LogP contribution in [0, 0.1) is 0 Å². The van der Waals surface area contributed by atoms with Gasteiger partial charge >= 0.3 is 5.97 Å². The number of hydrogen-bond donors (Lipinski definition) is 0. The number of rotatable bonds is 13. The smallest absolute Gasteiger partial charge is 0.305 e. The normalized spacial score (nSPS) is 14.3. The van der Waals surface area contributed by atoms with Gasteiger partial charge in [0.1, 0.15) is 0 Å². The van der Waals surface area contributed by atoms with Gasteiger partial charge in [-0.2, -0.15) is 0 Å².